The van der Waals surface area contributed by atoms with Crippen molar-refractivity contribution >= 4 is 23.0 Å². The fraction of sp³-hybridized carbons (Fsp3) is 0.429. The highest BCUT2D eigenvalue weighted by molar-refractivity contribution is 5.88. The predicted molar refractivity (Wildman–Crippen MR) is 113 cm³/mol. The van der Waals surface area contributed by atoms with Gasteiger partial charge < -0.3 is 14.2 Å². The minimum absolute atomic E-state index is 0.205. The average molecular weight is 410 g/mol. The zero-order chi connectivity index (χ0) is 20.9. The van der Waals surface area contributed by atoms with Crippen LogP contribution in [0.2, 0.25) is 0 Å². The van der Waals surface area contributed by atoms with Gasteiger partial charge in [0, 0.05) is 31.6 Å². The highest BCUT2D eigenvalue weighted by Gasteiger charge is 2.20. The lowest BCUT2D eigenvalue weighted by molar-refractivity contribution is -0.129. The lowest BCUT2D eigenvalue weighted by atomic mass is 10.1. The number of hydroxylamine groups is 1. The van der Waals surface area contributed by atoms with Gasteiger partial charge >= 0.3 is 0 Å². The van der Waals surface area contributed by atoms with E-state index in [1.54, 1.807) is 5.48 Å². The summed E-state index contributed by atoms with van der Waals surface area (Å²) in [6.45, 7) is 5.17. The Kier molecular flexibility index (Phi) is 6.08. The fourth-order valence-electron chi connectivity index (χ4n) is 3.64. The van der Waals surface area contributed by atoms with E-state index in [2.05, 4.69) is 16.8 Å². The highest BCUT2D eigenvalue weighted by Crippen LogP contribution is 2.30. The molecule has 9 heteroatoms. The minimum Gasteiger partial charge on any atom is -0.494 e. The molecular formula is C21H26N6O3. The number of carbonyl (C=O) groups excluding carboxylic acids is 1. The van der Waals surface area contributed by atoms with Crippen LogP contribution in [-0.4, -0.2) is 50.3 Å². The Bertz CT molecular complexity index is 1030. The van der Waals surface area contributed by atoms with E-state index < -0.39 is 5.91 Å². The molecule has 0 radical (unpaired) electrons. The summed E-state index contributed by atoms with van der Waals surface area (Å²) in [5.74, 6) is 1.02. The maximum atomic E-state index is 11.1. The molecule has 0 atom stereocenters. The molecule has 3 aromatic rings. The summed E-state index contributed by atoms with van der Waals surface area (Å²) in [5, 5.41) is 8.56. The quantitative estimate of drug-likeness (QED) is 0.334. The van der Waals surface area contributed by atoms with Gasteiger partial charge in [0.15, 0.2) is 5.65 Å². The molecule has 30 heavy (non-hydrogen) atoms. The van der Waals surface area contributed by atoms with E-state index >= 15 is 0 Å². The van der Waals surface area contributed by atoms with E-state index in [0.717, 1.165) is 60.8 Å². The van der Waals surface area contributed by atoms with Gasteiger partial charge in [-0.3, -0.25) is 10.0 Å². The number of amides is 1. The predicted octanol–water partition coefficient (Wildman–Crippen LogP) is 2.78. The van der Waals surface area contributed by atoms with Gasteiger partial charge in [-0.15, -0.1) is 0 Å². The Labute approximate surface area is 174 Å². The van der Waals surface area contributed by atoms with Gasteiger partial charge in [-0.1, -0.05) is 12.1 Å². The molecule has 0 aliphatic carbocycles. The van der Waals surface area contributed by atoms with Gasteiger partial charge in [0.25, 0.3) is 0 Å². The molecular weight excluding hydrogens is 384 g/mol. The van der Waals surface area contributed by atoms with Gasteiger partial charge in [-0.2, -0.15) is 4.98 Å². The van der Waals surface area contributed by atoms with Gasteiger partial charge in [-0.05, 0) is 38.3 Å². The van der Waals surface area contributed by atoms with Crippen LogP contribution in [-0.2, 0) is 11.3 Å². The summed E-state index contributed by atoms with van der Waals surface area (Å²) in [7, 11) is 0. The molecule has 0 spiro atoms. The van der Waals surface area contributed by atoms with Crippen molar-refractivity contribution in [3.63, 3.8) is 0 Å². The molecule has 1 aromatic carbocycles. The van der Waals surface area contributed by atoms with E-state index in [0.29, 0.717) is 18.8 Å². The van der Waals surface area contributed by atoms with Gasteiger partial charge in [0.1, 0.15) is 17.0 Å². The van der Waals surface area contributed by atoms with Crippen molar-refractivity contribution < 1.29 is 14.7 Å². The lowest BCUT2D eigenvalue weighted by Gasteiger charge is -2.17. The van der Waals surface area contributed by atoms with Crippen molar-refractivity contribution in [2.45, 2.75) is 39.2 Å². The Morgan fingerprint density at radius 1 is 1.27 bits per heavy atom. The first-order valence-corrected chi connectivity index (χ1v) is 10.3. The molecule has 4 rings (SSSR count). The molecule has 2 aromatic heterocycles. The second-order valence-electron chi connectivity index (χ2n) is 7.28. The Morgan fingerprint density at radius 2 is 2.10 bits per heavy atom. The van der Waals surface area contributed by atoms with E-state index in [1.807, 2.05) is 35.2 Å². The first kappa shape index (κ1) is 20.1. The first-order valence-electron chi connectivity index (χ1n) is 10.3. The third kappa shape index (κ3) is 4.20. The second kappa shape index (κ2) is 9.08. The zero-order valence-electron chi connectivity index (χ0n) is 17.0. The second-order valence-corrected chi connectivity index (χ2v) is 7.28. The molecule has 3 heterocycles. The lowest BCUT2D eigenvalue weighted by Crippen LogP contribution is -2.21. The first-order chi connectivity index (χ1) is 14.7. The number of ether oxygens (including phenoxy) is 1. The Hall–Kier alpha value is -3.20. The maximum absolute atomic E-state index is 11.1. The van der Waals surface area contributed by atoms with Crippen LogP contribution >= 0.6 is 0 Å². The zero-order valence-corrected chi connectivity index (χ0v) is 17.0. The third-order valence-corrected chi connectivity index (χ3v) is 5.23. The smallest absolute Gasteiger partial charge is 0.243 e. The molecule has 9 nitrogen and oxygen atoms in total. The number of imidazole rings is 1. The highest BCUT2D eigenvalue weighted by atomic mass is 16.5. The number of rotatable bonds is 8. The Balaban J connectivity index is 1.63. The van der Waals surface area contributed by atoms with Crippen molar-refractivity contribution in [3.8, 4) is 17.0 Å². The van der Waals surface area contributed by atoms with E-state index in [9.17, 15) is 4.79 Å². The number of benzene rings is 1. The van der Waals surface area contributed by atoms with Crippen LogP contribution in [0.3, 0.4) is 0 Å². The SMILES string of the molecule is CCn1cnc2c(-c3cccc(OCCCC(=O)NO)c3)nc(N3CCCC3)nc21. The Morgan fingerprint density at radius 3 is 2.87 bits per heavy atom. The van der Waals surface area contributed by atoms with Crippen molar-refractivity contribution in [2.75, 3.05) is 24.6 Å². The summed E-state index contributed by atoms with van der Waals surface area (Å²) in [6, 6.07) is 7.73. The molecule has 0 saturated carbocycles. The van der Waals surface area contributed by atoms with Crippen molar-refractivity contribution in [1.82, 2.24) is 25.0 Å². The summed E-state index contributed by atoms with van der Waals surface area (Å²) in [4.78, 5) is 27.6. The number of aryl methyl sites for hydroxylation is 1. The molecule has 1 fully saturated rings. The third-order valence-electron chi connectivity index (χ3n) is 5.23. The topological polar surface area (TPSA) is 105 Å². The van der Waals surface area contributed by atoms with Gasteiger partial charge in [-0.25, -0.2) is 15.4 Å². The van der Waals surface area contributed by atoms with Crippen LogP contribution < -0.4 is 15.1 Å². The largest absolute Gasteiger partial charge is 0.494 e. The molecule has 1 aliphatic rings. The fourth-order valence-corrected chi connectivity index (χ4v) is 3.64. The monoisotopic (exact) mass is 410 g/mol. The summed E-state index contributed by atoms with van der Waals surface area (Å²) in [6.07, 6.45) is 4.83. The molecule has 1 saturated heterocycles. The number of fused-ring (bicyclic) bond motifs is 1. The van der Waals surface area contributed by atoms with Crippen LogP contribution in [0.4, 0.5) is 5.95 Å². The number of hydrogen-bond acceptors (Lipinski definition) is 7. The minimum atomic E-state index is -0.420. The van der Waals surface area contributed by atoms with E-state index in [-0.39, 0.29) is 6.42 Å². The average Bonchev–Trinajstić information content (AvgIpc) is 3.46. The summed E-state index contributed by atoms with van der Waals surface area (Å²) >= 11 is 0. The number of aromatic nitrogens is 4. The summed E-state index contributed by atoms with van der Waals surface area (Å²) < 4.78 is 7.82. The number of anilines is 1. The number of nitrogens with one attached hydrogen (secondary N) is 1. The van der Waals surface area contributed by atoms with Gasteiger partial charge in [0.2, 0.25) is 11.9 Å². The van der Waals surface area contributed by atoms with E-state index in [4.69, 9.17) is 19.9 Å². The standard InChI is InChI=1S/C21H26N6O3/c1-2-26-14-22-19-18(23-21(24-20(19)26)27-10-3-4-11-27)15-7-5-8-16(13-15)30-12-6-9-17(28)25-29/h5,7-8,13-14,29H,2-4,6,9-12H2,1H3,(H,25,28). The van der Waals surface area contributed by atoms with Crippen molar-refractivity contribution in [3.05, 3.63) is 30.6 Å². The van der Waals surface area contributed by atoms with Crippen LogP contribution in [0.5, 0.6) is 5.75 Å². The summed E-state index contributed by atoms with van der Waals surface area (Å²) in [5.41, 5.74) is 4.94. The van der Waals surface area contributed by atoms with Crippen molar-refractivity contribution in [2.24, 2.45) is 0 Å². The molecule has 1 aliphatic heterocycles. The van der Waals surface area contributed by atoms with Gasteiger partial charge in [0.05, 0.1) is 12.9 Å². The molecule has 2 N–H and O–H groups in total. The number of nitrogens with zero attached hydrogens (tertiary/aromatic N) is 5. The van der Waals surface area contributed by atoms with Crippen LogP contribution in [0.15, 0.2) is 30.6 Å². The number of hydrogen-bond donors (Lipinski definition) is 2. The normalized spacial score (nSPS) is 13.7. The van der Waals surface area contributed by atoms with E-state index in [1.165, 1.54) is 0 Å². The molecule has 1 amide bonds. The van der Waals surface area contributed by atoms with Crippen LogP contribution in [0, 0.1) is 0 Å². The molecule has 0 unspecified atom stereocenters. The molecule has 0 bridgehead atoms. The number of carbonyl (C=O) groups is 1. The maximum Gasteiger partial charge on any atom is 0.243 e. The van der Waals surface area contributed by atoms with Crippen molar-refractivity contribution in [1.29, 1.82) is 0 Å². The van der Waals surface area contributed by atoms with Crippen LogP contribution in [0.1, 0.15) is 32.6 Å². The van der Waals surface area contributed by atoms with Crippen LogP contribution in [0.25, 0.3) is 22.4 Å². The molecule has 158 valence electrons.